The Balaban J connectivity index is 1.78. The normalized spacial score (nSPS) is 17.5. The fourth-order valence-electron chi connectivity index (χ4n) is 3.33. The number of rotatable bonds is 3. The van der Waals surface area contributed by atoms with Gasteiger partial charge in [0.25, 0.3) is 5.91 Å². The highest BCUT2D eigenvalue weighted by Gasteiger charge is 2.35. The van der Waals surface area contributed by atoms with Gasteiger partial charge in [-0.05, 0) is 61.7 Å². The number of hydrogen-bond acceptors (Lipinski definition) is 6. The van der Waals surface area contributed by atoms with Gasteiger partial charge in [0.15, 0.2) is 10.2 Å². The van der Waals surface area contributed by atoms with Crippen molar-refractivity contribution in [3.05, 3.63) is 52.9 Å². The number of nitrogens with one attached hydrogen (secondary N) is 1. The van der Waals surface area contributed by atoms with Crippen molar-refractivity contribution in [2.24, 2.45) is 10.1 Å². The molecule has 1 aromatic carbocycles. The molecule has 0 bridgehead atoms. The maximum Gasteiger partial charge on any atom is 0.283 e. The molecule has 4 rings (SSSR count). The Morgan fingerprint density at radius 1 is 1.28 bits per heavy atom. The zero-order chi connectivity index (χ0) is 20.7. The minimum absolute atomic E-state index is 0.0404. The summed E-state index contributed by atoms with van der Waals surface area (Å²) in [7, 11) is 1.64. The first-order valence-corrected chi connectivity index (χ1v) is 10.8. The molecule has 148 valence electrons. The second kappa shape index (κ2) is 7.57. The van der Waals surface area contributed by atoms with E-state index in [1.807, 2.05) is 50.4 Å². The molecule has 0 atom stereocenters. The predicted molar refractivity (Wildman–Crippen MR) is 120 cm³/mol. The minimum Gasteiger partial charge on any atom is -0.495 e. The SMILES string of the molecule is COc1ccccc1-n1c(C)cc(/C=C2\C(=N)N3N=C(SC)SC3=NC2=O)c1C. The van der Waals surface area contributed by atoms with E-state index in [0.717, 1.165) is 32.8 Å². The number of amidine groups is 2. The van der Waals surface area contributed by atoms with Gasteiger partial charge in [0, 0.05) is 11.4 Å². The van der Waals surface area contributed by atoms with Crippen molar-refractivity contribution in [3.63, 3.8) is 0 Å². The first-order valence-electron chi connectivity index (χ1n) is 8.81. The molecule has 0 saturated heterocycles. The molecule has 0 aliphatic carbocycles. The Hall–Kier alpha value is -2.78. The summed E-state index contributed by atoms with van der Waals surface area (Å²) in [6.07, 6.45) is 3.62. The van der Waals surface area contributed by atoms with Crippen molar-refractivity contribution >= 4 is 50.9 Å². The van der Waals surface area contributed by atoms with Crippen LogP contribution in [0.3, 0.4) is 0 Å². The Labute approximate surface area is 177 Å². The Morgan fingerprint density at radius 2 is 2.03 bits per heavy atom. The van der Waals surface area contributed by atoms with Gasteiger partial charge < -0.3 is 9.30 Å². The van der Waals surface area contributed by atoms with Gasteiger partial charge in [-0.15, -0.1) is 16.9 Å². The summed E-state index contributed by atoms with van der Waals surface area (Å²) >= 11 is 2.77. The number of aryl methyl sites for hydroxylation is 1. The van der Waals surface area contributed by atoms with Gasteiger partial charge in [-0.2, -0.15) is 10.0 Å². The molecule has 2 aromatic rings. The van der Waals surface area contributed by atoms with Gasteiger partial charge in [0.2, 0.25) is 5.17 Å². The van der Waals surface area contributed by atoms with Crippen LogP contribution < -0.4 is 4.74 Å². The fraction of sp³-hybridized carbons (Fsp3) is 0.200. The summed E-state index contributed by atoms with van der Waals surface area (Å²) in [5.41, 5.74) is 3.93. The topological polar surface area (TPSA) is 83.0 Å². The van der Waals surface area contributed by atoms with Crippen LogP contribution in [0.2, 0.25) is 0 Å². The number of benzene rings is 1. The van der Waals surface area contributed by atoms with Crippen LogP contribution in [0.4, 0.5) is 0 Å². The van der Waals surface area contributed by atoms with Gasteiger partial charge in [0.1, 0.15) is 5.75 Å². The molecule has 1 N–H and O–H groups in total. The molecular formula is C20H19N5O2S2. The van der Waals surface area contributed by atoms with Crippen LogP contribution in [-0.4, -0.2) is 44.2 Å². The number of carbonyl (C=O) groups is 1. The fourth-order valence-corrected chi connectivity index (χ4v) is 4.68. The summed E-state index contributed by atoms with van der Waals surface area (Å²) in [6.45, 7) is 3.98. The average Bonchev–Trinajstić information content (AvgIpc) is 3.25. The van der Waals surface area contributed by atoms with Crippen molar-refractivity contribution in [2.75, 3.05) is 13.4 Å². The van der Waals surface area contributed by atoms with Crippen molar-refractivity contribution in [1.29, 1.82) is 5.41 Å². The quantitative estimate of drug-likeness (QED) is 0.751. The number of hydrazone groups is 1. The minimum atomic E-state index is -0.423. The number of hydrogen-bond donors (Lipinski definition) is 1. The molecule has 0 radical (unpaired) electrons. The van der Waals surface area contributed by atoms with Crippen molar-refractivity contribution in [2.45, 2.75) is 13.8 Å². The third kappa shape index (κ3) is 3.30. The second-order valence-electron chi connectivity index (χ2n) is 6.42. The van der Waals surface area contributed by atoms with Crippen LogP contribution in [0.25, 0.3) is 11.8 Å². The van der Waals surface area contributed by atoms with Crippen LogP contribution in [0.5, 0.6) is 5.75 Å². The highest BCUT2D eigenvalue weighted by molar-refractivity contribution is 8.45. The van der Waals surface area contributed by atoms with Crippen LogP contribution in [0.15, 0.2) is 46.0 Å². The Kier molecular flexibility index (Phi) is 5.10. The highest BCUT2D eigenvalue weighted by Crippen LogP contribution is 2.33. The number of carbonyl (C=O) groups excluding carboxylic acids is 1. The van der Waals surface area contributed by atoms with E-state index in [-0.39, 0.29) is 11.4 Å². The smallest absolute Gasteiger partial charge is 0.283 e. The Bertz CT molecular complexity index is 1130. The maximum atomic E-state index is 12.6. The van der Waals surface area contributed by atoms with Crippen molar-refractivity contribution in [3.8, 4) is 11.4 Å². The first kappa shape index (κ1) is 19.5. The number of aromatic nitrogens is 1. The number of methoxy groups -OCH3 is 1. The van der Waals surface area contributed by atoms with E-state index in [1.54, 1.807) is 13.2 Å². The monoisotopic (exact) mass is 425 g/mol. The Morgan fingerprint density at radius 3 is 2.76 bits per heavy atom. The molecule has 1 aromatic heterocycles. The van der Waals surface area contributed by atoms with E-state index in [2.05, 4.69) is 14.7 Å². The molecule has 9 heteroatoms. The zero-order valence-corrected chi connectivity index (χ0v) is 18.0. The first-order chi connectivity index (χ1) is 13.9. The molecule has 2 aliphatic rings. The number of ether oxygens (including phenoxy) is 1. The molecule has 7 nitrogen and oxygen atoms in total. The van der Waals surface area contributed by atoms with E-state index >= 15 is 0 Å². The number of para-hydroxylation sites is 2. The summed E-state index contributed by atoms with van der Waals surface area (Å²) in [5.74, 6) is 0.379. The molecule has 29 heavy (non-hydrogen) atoms. The standard InChI is InChI=1S/C20H19N5O2S2/c1-11-9-13(12(2)24(11)15-7-5-6-8-16(15)27-3)10-14-17(21)25-19(22-18(14)26)29-20(23-25)28-4/h5-10,21H,1-4H3/b14-10+,21-17?. The molecule has 0 fully saturated rings. The third-order valence-corrected chi connectivity index (χ3v) is 6.59. The van der Waals surface area contributed by atoms with Gasteiger partial charge in [-0.3, -0.25) is 10.2 Å². The largest absolute Gasteiger partial charge is 0.495 e. The van der Waals surface area contributed by atoms with Gasteiger partial charge in [-0.25, -0.2) is 0 Å². The molecule has 3 heterocycles. The lowest BCUT2D eigenvalue weighted by Gasteiger charge is -2.20. The molecule has 0 spiro atoms. The lowest BCUT2D eigenvalue weighted by atomic mass is 10.1. The van der Waals surface area contributed by atoms with Crippen LogP contribution >= 0.6 is 23.5 Å². The lowest BCUT2D eigenvalue weighted by molar-refractivity contribution is -0.114. The van der Waals surface area contributed by atoms with E-state index < -0.39 is 5.91 Å². The second-order valence-corrected chi connectivity index (χ2v) is 8.43. The van der Waals surface area contributed by atoms with Crippen LogP contribution in [0.1, 0.15) is 17.0 Å². The summed E-state index contributed by atoms with van der Waals surface area (Å²) in [5, 5.41) is 14.7. The summed E-state index contributed by atoms with van der Waals surface area (Å²) < 4.78 is 8.34. The van der Waals surface area contributed by atoms with Gasteiger partial charge in [-0.1, -0.05) is 12.1 Å². The zero-order valence-electron chi connectivity index (χ0n) is 16.4. The lowest BCUT2D eigenvalue weighted by Crippen LogP contribution is -2.35. The van der Waals surface area contributed by atoms with Crippen LogP contribution in [-0.2, 0) is 4.79 Å². The molecule has 0 unspecified atom stereocenters. The molecule has 1 amide bonds. The van der Waals surface area contributed by atoms with Gasteiger partial charge >= 0.3 is 0 Å². The maximum absolute atomic E-state index is 12.6. The van der Waals surface area contributed by atoms with E-state index in [1.165, 1.54) is 28.5 Å². The van der Waals surface area contributed by atoms with Crippen molar-refractivity contribution < 1.29 is 9.53 Å². The predicted octanol–water partition coefficient (Wildman–Crippen LogP) is 4.04. The average molecular weight is 426 g/mol. The van der Waals surface area contributed by atoms with Gasteiger partial charge in [0.05, 0.1) is 18.4 Å². The third-order valence-electron chi connectivity index (χ3n) is 4.71. The number of fused-ring (bicyclic) bond motifs is 1. The summed E-state index contributed by atoms with van der Waals surface area (Å²) in [6, 6.07) is 9.77. The van der Waals surface area contributed by atoms with Crippen molar-refractivity contribution in [1.82, 2.24) is 9.58 Å². The number of nitrogens with zero attached hydrogens (tertiary/aromatic N) is 4. The molecule has 0 saturated carbocycles. The summed E-state index contributed by atoms with van der Waals surface area (Å²) in [4.78, 5) is 16.7. The number of aliphatic imine (C=N–C) groups is 1. The number of amides is 1. The number of thioether (sulfide) groups is 2. The molecular weight excluding hydrogens is 406 g/mol. The molecule has 2 aliphatic heterocycles. The van der Waals surface area contributed by atoms with E-state index in [4.69, 9.17) is 10.1 Å². The van der Waals surface area contributed by atoms with Crippen LogP contribution in [0, 0.1) is 19.3 Å². The van der Waals surface area contributed by atoms with E-state index in [9.17, 15) is 4.79 Å². The van der Waals surface area contributed by atoms with E-state index in [0.29, 0.717) is 5.17 Å². The highest BCUT2D eigenvalue weighted by atomic mass is 32.2.